The number of aryl methyl sites for hydroxylation is 1. The van der Waals surface area contributed by atoms with Gasteiger partial charge in [0.05, 0.1) is 12.0 Å². The number of ether oxygens (including phenoxy) is 1. The minimum absolute atomic E-state index is 0.216. The molecule has 0 heterocycles. The molecule has 1 N–H and O–H groups in total. The monoisotopic (exact) mass is 296 g/mol. The summed E-state index contributed by atoms with van der Waals surface area (Å²) in [6.07, 6.45) is 2.20. The maximum absolute atomic E-state index is 11.6. The SMILES string of the molecule is CSCC[C@@H](NC(=O)COc1ccc(C)cc1)C(=O)[O-]. The third-order valence-corrected chi connectivity index (χ3v) is 3.27. The molecule has 1 rings (SSSR count). The molecule has 0 aliphatic carbocycles. The van der Waals surface area contributed by atoms with Crippen molar-refractivity contribution in [3.05, 3.63) is 29.8 Å². The number of thioether (sulfide) groups is 1. The van der Waals surface area contributed by atoms with Crippen LogP contribution in [0.25, 0.3) is 0 Å². The summed E-state index contributed by atoms with van der Waals surface area (Å²) < 4.78 is 5.28. The van der Waals surface area contributed by atoms with E-state index in [1.54, 1.807) is 12.1 Å². The Labute approximate surface area is 122 Å². The lowest BCUT2D eigenvalue weighted by atomic mass is 10.2. The summed E-state index contributed by atoms with van der Waals surface area (Å²) >= 11 is 1.51. The Bertz CT molecular complexity index is 447. The predicted octanol–water partition coefficient (Wildman–Crippen LogP) is 0.362. The fraction of sp³-hybridized carbons (Fsp3) is 0.429. The lowest BCUT2D eigenvalue weighted by Gasteiger charge is -2.19. The summed E-state index contributed by atoms with van der Waals surface area (Å²) in [5.74, 6) is -0.541. The molecule has 1 atom stereocenters. The molecule has 6 heteroatoms. The maximum Gasteiger partial charge on any atom is 0.258 e. The molecule has 0 bridgehead atoms. The standard InChI is InChI=1S/C14H19NO4S/c1-10-3-5-11(6-4-10)19-9-13(16)15-12(14(17)18)7-8-20-2/h3-6,12H,7-9H2,1-2H3,(H,15,16)(H,17,18)/p-1/t12-/m1/s1. The number of benzene rings is 1. The number of carbonyl (C=O) groups is 2. The predicted molar refractivity (Wildman–Crippen MR) is 76.6 cm³/mol. The molecule has 0 spiro atoms. The minimum Gasteiger partial charge on any atom is -0.548 e. The summed E-state index contributed by atoms with van der Waals surface area (Å²) in [5, 5.41) is 13.3. The van der Waals surface area contributed by atoms with Crippen molar-refractivity contribution in [3.63, 3.8) is 0 Å². The van der Waals surface area contributed by atoms with E-state index in [4.69, 9.17) is 4.74 Å². The van der Waals surface area contributed by atoms with Crippen molar-refractivity contribution >= 4 is 23.6 Å². The first-order valence-corrected chi connectivity index (χ1v) is 7.61. The fourth-order valence-corrected chi connectivity index (χ4v) is 1.98. The molecule has 0 unspecified atom stereocenters. The zero-order valence-corrected chi connectivity index (χ0v) is 12.4. The van der Waals surface area contributed by atoms with Crippen molar-refractivity contribution in [1.29, 1.82) is 0 Å². The van der Waals surface area contributed by atoms with Gasteiger partial charge in [-0.1, -0.05) is 17.7 Å². The molecule has 0 aromatic heterocycles. The van der Waals surface area contributed by atoms with E-state index >= 15 is 0 Å². The summed E-state index contributed by atoms with van der Waals surface area (Å²) in [4.78, 5) is 22.5. The zero-order chi connectivity index (χ0) is 15.0. The van der Waals surface area contributed by atoms with E-state index in [-0.39, 0.29) is 6.61 Å². The third-order valence-electron chi connectivity index (χ3n) is 2.62. The highest BCUT2D eigenvalue weighted by Gasteiger charge is 2.13. The molecule has 0 radical (unpaired) electrons. The van der Waals surface area contributed by atoms with Gasteiger partial charge in [-0.15, -0.1) is 0 Å². The molecule has 20 heavy (non-hydrogen) atoms. The highest BCUT2D eigenvalue weighted by molar-refractivity contribution is 7.98. The van der Waals surface area contributed by atoms with Gasteiger partial charge in [0.2, 0.25) is 0 Å². The fourth-order valence-electron chi connectivity index (χ4n) is 1.50. The highest BCUT2D eigenvalue weighted by Crippen LogP contribution is 2.11. The van der Waals surface area contributed by atoms with Crippen LogP contribution in [-0.2, 0) is 9.59 Å². The van der Waals surface area contributed by atoms with Crippen LogP contribution in [0.2, 0.25) is 0 Å². The van der Waals surface area contributed by atoms with Crippen molar-refractivity contribution in [2.24, 2.45) is 0 Å². The van der Waals surface area contributed by atoms with E-state index < -0.39 is 17.9 Å². The Morgan fingerprint density at radius 3 is 2.55 bits per heavy atom. The number of hydrogen-bond acceptors (Lipinski definition) is 5. The number of carboxylic acid groups (broad SMARTS) is 1. The molecule has 0 saturated heterocycles. The number of hydrogen-bond donors (Lipinski definition) is 1. The van der Waals surface area contributed by atoms with Crippen LogP contribution in [0.4, 0.5) is 0 Å². The van der Waals surface area contributed by atoms with Gasteiger partial charge >= 0.3 is 0 Å². The second-order valence-corrected chi connectivity index (χ2v) is 5.31. The number of carboxylic acids is 1. The minimum atomic E-state index is -1.28. The van der Waals surface area contributed by atoms with Crippen LogP contribution in [0.1, 0.15) is 12.0 Å². The molecule has 0 fully saturated rings. The van der Waals surface area contributed by atoms with Gasteiger partial charge < -0.3 is 20.0 Å². The van der Waals surface area contributed by atoms with Gasteiger partial charge in [0.25, 0.3) is 5.91 Å². The largest absolute Gasteiger partial charge is 0.548 e. The normalized spacial score (nSPS) is 11.7. The van der Waals surface area contributed by atoms with Crippen LogP contribution in [0.3, 0.4) is 0 Å². The lowest BCUT2D eigenvalue weighted by molar-refractivity contribution is -0.308. The van der Waals surface area contributed by atoms with Crippen LogP contribution in [0.5, 0.6) is 5.75 Å². The molecular weight excluding hydrogens is 278 g/mol. The smallest absolute Gasteiger partial charge is 0.258 e. The molecule has 0 aliphatic heterocycles. The Kier molecular flexibility index (Phi) is 6.93. The molecule has 1 amide bonds. The van der Waals surface area contributed by atoms with E-state index in [0.29, 0.717) is 17.9 Å². The zero-order valence-electron chi connectivity index (χ0n) is 11.5. The summed E-state index contributed by atoms with van der Waals surface area (Å²) in [7, 11) is 0. The van der Waals surface area contributed by atoms with Crippen molar-refractivity contribution in [2.45, 2.75) is 19.4 Å². The van der Waals surface area contributed by atoms with Crippen LogP contribution < -0.4 is 15.2 Å². The Morgan fingerprint density at radius 2 is 2.00 bits per heavy atom. The Hall–Kier alpha value is -1.69. The third kappa shape index (κ3) is 5.97. The number of aliphatic carboxylic acids is 1. The Balaban J connectivity index is 2.41. The molecule has 110 valence electrons. The second-order valence-electron chi connectivity index (χ2n) is 4.32. The molecule has 0 saturated carbocycles. The van der Waals surface area contributed by atoms with Gasteiger partial charge in [-0.05, 0) is 37.5 Å². The van der Waals surface area contributed by atoms with Crippen LogP contribution in [0, 0.1) is 6.92 Å². The number of amides is 1. The van der Waals surface area contributed by atoms with E-state index in [0.717, 1.165) is 5.56 Å². The molecule has 1 aromatic rings. The first-order chi connectivity index (χ1) is 9.52. The van der Waals surface area contributed by atoms with Crippen LogP contribution in [0.15, 0.2) is 24.3 Å². The molecular formula is C14H18NO4S-. The van der Waals surface area contributed by atoms with Gasteiger partial charge in [-0.25, -0.2) is 0 Å². The molecule has 5 nitrogen and oxygen atoms in total. The lowest BCUT2D eigenvalue weighted by Crippen LogP contribution is -2.49. The summed E-state index contributed by atoms with van der Waals surface area (Å²) in [5.41, 5.74) is 1.09. The quantitative estimate of drug-likeness (QED) is 0.749. The molecule has 1 aromatic carbocycles. The van der Waals surface area contributed by atoms with E-state index in [9.17, 15) is 14.7 Å². The van der Waals surface area contributed by atoms with Gasteiger partial charge in [0, 0.05) is 0 Å². The van der Waals surface area contributed by atoms with Crippen molar-refractivity contribution in [1.82, 2.24) is 5.32 Å². The maximum atomic E-state index is 11.6. The van der Waals surface area contributed by atoms with Crippen molar-refractivity contribution in [3.8, 4) is 5.75 Å². The highest BCUT2D eigenvalue weighted by atomic mass is 32.2. The van der Waals surface area contributed by atoms with Crippen LogP contribution >= 0.6 is 11.8 Å². The topological polar surface area (TPSA) is 78.5 Å². The number of rotatable bonds is 8. The van der Waals surface area contributed by atoms with Crippen molar-refractivity contribution < 1.29 is 19.4 Å². The van der Waals surface area contributed by atoms with E-state index in [1.165, 1.54) is 11.8 Å². The molecule has 0 aliphatic rings. The average Bonchev–Trinajstić information content (AvgIpc) is 2.42. The Morgan fingerprint density at radius 1 is 1.35 bits per heavy atom. The summed E-state index contributed by atoms with van der Waals surface area (Å²) in [6.45, 7) is 1.73. The van der Waals surface area contributed by atoms with Gasteiger partial charge in [-0.3, -0.25) is 4.79 Å². The van der Waals surface area contributed by atoms with Crippen molar-refractivity contribution in [2.75, 3.05) is 18.6 Å². The number of carbonyl (C=O) groups excluding carboxylic acids is 2. The van der Waals surface area contributed by atoms with Crippen LogP contribution in [-0.4, -0.2) is 36.5 Å². The van der Waals surface area contributed by atoms with E-state index in [1.807, 2.05) is 25.3 Å². The number of nitrogens with one attached hydrogen (secondary N) is 1. The van der Waals surface area contributed by atoms with Gasteiger partial charge in [0.15, 0.2) is 6.61 Å². The second kappa shape index (κ2) is 8.47. The first kappa shape index (κ1) is 16.4. The first-order valence-electron chi connectivity index (χ1n) is 6.21. The van der Waals surface area contributed by atoms with Gasteiger partial charge in [0.1, 0.15) is 5.75 Å². The average molecular weight is 296 g/mol. The van der Waals surface area contributed by atoms with E-state index in [2.05, 4.69) is 5.32 Å². The van der Waals surface area contributed by atoms with Gasteiger partial charge in [-0.2, -0.15) is 11.8 Å². The summed E-state index contributed by atoms with van der Waals surface area (Å²) in [6, 6.07) is 6.28.